The van der Waals surface area contributed by atoms with E-state index in [1.54, 1.807) is 0 Å². The Morgan fingerprint density at radius 1 is 0.750 bits per heavy atom. The predicted octanol–water partition coefficient (Wildman–Crippen LogP) is -1.27. The molecule has 0 aromatic carbocycles. The summed E-state index contributed by atoms with van der Waals surface area (Å²) in [6.45, 7) is 26.2. The second kappa shape index (κ2) is 103. The quantitative estimate of drug-likeness (QED) is 0.548. The number of carbonyl (C=O) groups excluding carboxylic acids is 6. The first-order valence-electron chi connectivity index (χ1n) is 2.86. The van der Waals surface area contributed by atoms with E-state index in [-0.39, 0.29) is 10.6 Å². The van der Waals surface area contributed by atoms with Crippen LogP contribution in [0.2, 0.25) is 0 Å². The van der Waals surface area contributed by atoms with Gasteiger partial charge in [0.25, 0.3) is 33.9 Å². The molecule has 10 radical (unpaired) electrons. The first kappa shape index (κ1) is 36.6. The van der Waals surface area contributed by atoms with Crippen molar-refractivity contribution in [3.8, 4) is 0 Å². The molecule has 86 valence electrons. The molecular formula is C9H7MnO6. The van der Waals surface area contributed by atoms with Crippen molar-refractivity contribution >= 4 is 38.6 Å². The third-order valence-electron chi connectivity index (χ3n) is 0.454. The third kappa shape index (κ3) is 259. The van der Waals surface area contributed by atoms with Crippen molar-refractivity contribution in [1.82, 2.24) is 0 Å². The molecule has 0 aromatic heterocycles. The standard InChI is InChI=1S/C4H7O.5CO.Mn/c1-4(2)3-5;5*1-2;/h4H,1-2H3;;;;;;. The zero-order chi connectivity index (χ0) is 15.2. The first-order valence-corrected chi connectivity index (χ1v) is 3.45. The molecule has 0 aliphatic heterocycles. The van der Waals surface area contributed by atoms with Crippen molar-refractivity contribution in [1.29, 1.82) is 0 Å². The second-order valence-electron chi connectivity index (χ2n) is 1.46. The van der Waals surface area contributed by atoms with Crippen LogP contribution in [-0.4, -0.2) is 38.6 Å². The summed E-state index contributed by atoms with van der Waals surface area (Å²) in [5, 5.41) is 0. The van der Waals surface area contributed by atoms with Gasteiger partial charge in [0.1, 0.15) is 0 Å². The molecule has 0 unspecified atom stereocenters. The average Bonchev–Trinajstić information content (AvgIpc) is 2.41. The van der Waals surface area contributed by atoms with Crippen molar-refractivity contribution in [2.75, 3.05) is 0 Å². The van der Waals surface area contributed by atoms with Gasteiger partial charge in [0.15, 0.2) is 0 Å². The maximum absolute atomic E-state index is 10.1. The Bertz CT molecular complexity index is 109. The van der Waals surface area contributed by atoms with Crippen LogP contribution in [0.5, 0.6) is 0 Å². The smallest absolute Gasteiger partial charge is 0.281 e. The molecule has 0 aliphatic rings. The topological polar surface area (TPSA) is 102 Å². The summed E-state index contributed by atoms with van der Waals surface area (Å²) in [6.07, 6.45) is 0. The minimum Gasteiger partial charge on any atom is -0.281 e. The van der Waals surface area contributed by atoms with Gasteiger partial charge in [0, 0.05) is 0 Å². The van der Waals surface area contributed by atoms with Gasteiger partial charge < -0.3 is 0 Å². The van der Waals surface area contributed by atoms with Crippen LogP contribution >= 0.6 is 0 Å². The Morgan fingerprint density at radius 3 is 0.812 bits per heavy atom. The van der Waals surface area contributed by atoms with Crippen LogP contribution in [0.25, 0.3) is 0 Å². The van der Waals surface area contributed by atoms with Crippen LogP contribution in [0.15, 0.2) is 0 Å². The summed E-state index contributed by atoms with van der Waals surface area (Å²) in [5.74, 6) is 0.130. The zero-order valence-electron chi connectivity index (χ0n) is 8.40. The SMILES string of the molecule is CC(C)[C](=O)[Mn].[C]=O.[C]=O.[C]=O.[C]=O.[C]=O. The van der Waals surface area contributed by atoms with E-state index in [1.165, 1.54) is 0 Å². The maximum atomic E-state index is 10.1. The average molecular weight is 266 g/mol. The van der Waals surface area contributed by atoms with Crippen LogP contribution in [0.4, 0.5) is 0 Å². The molecule has 0 amide bonds. The van der Waals surface area contributed by atoms with Crippen molar-refractivity contribution in [2.24, 2.45) is 5.92 Å². The van der Waals surface area contributed by atoms with E-state index in [1.807, 2.05) is 13.8 Å². The van der Waals surface area contributed by atoms with E-state index in [9.17, 15) is 4.79 Å². The number of carbonyl (C=O) groups is 1. The zero-order valence-corrected chi connectivity index (χ0v) is 9.59. The van der Waals surface area contributed by atoms with Gasteiger partial charge >= 0.3 is 45.3 Å². The Labute approximate surface area is 104 Å². The molecule has 0 heterocycles. The third-order valence-corrected chi connectivity index (χ3v) is 1.14. The van der Waals surface area contributed by atoms with Crippen LogP contribution in [0.3, 0.4) is 0 Å². The molecule has 7 heteroatoms. The van der Waals surface area contributed by atoms with E-state index < -0.39 is 0 Å². The molecule has 0 rings (SSSR count). The van der Waals surface area contributed by atoms with Crippen LogP contribution < -0.4 is 0 Å². The van der Waals surface area contributed by atoms with Crippen molar-refractivity contribution < 1.29 is 44.8 Å². The van der Waals surface area contributed by atoms with Gasteiger partial charge in [0.2, 0.25) is 0 Å². The van der Waals surface area contributed by atoms with Crippen LogP contribution in [0, 0.1) is 5.92 Å². The summed E-state index contributed by atoms with van der Waals surface area (Å²) in [7, 11) is 0. The molecule has 0 bridgehead atoms. The fourth-order valence-electron chi connectivity index (χ4n) is 0. The molecule has 0 N–H and O–H groups in total. The minimum atomic E-state index is 0.0718. The fourth-order valence-corrected chi connectivity index (χ4v) is 0. The molecular weight excluding hydrogens is 259 g/mol. The van der Waals surface area contributed by atoms with Crippen molar-refractivity contribution in [3.63, 3.8) is 0 Å². The number of hydrogen-bond acceptors (Lipinski definition) is 6. The fraction of sp³-hybridized carbons (Fsp3) is 0.333. The Balaban J connectivity index is -0.0000000214. The number of rotatable bonds is 1. The van der Waals surface area contributed by atoms with Gasteiger partial charge in [-0.1, -0.05) is 0 Å². The second-order valence-corrected chi connectivity index (χ2v) is 2.04. The van der Waals surface area contributed by atoms with E-state index in [0.717, 1.165) is 0 Å². The molecule has 0 atom stereocenters. The summed E-state index contributed by atoms with van der Waals surface area (Å²) in [6, 6.07) is 0. The summed E-state index contributed by atoms with van der Waals surface area (Å²) < 4.78 is 0.0718. The molecule has 6 nitrogen and oxygen atoms in total. The normalized spacial score (nSPS) is 4.75. The van der Waals surface area contributed by atoms with E-state index >= 15 is 0 Å². The molecule has 0 spiro atoms. The van der Waals surface area contributed by atoms with E-state index in [2.05, 4.69) is 50.0 Å². The maximum Gasteiger partial charge on any atom is 0.281 e. The van der Waals surface area contributed by atoms with Crippen molar-refractivity contribution in [3.05, 3.63) is 0 Å². The van der Waals surface area contributed by atoms with Gasteiger partial charge in [-0.25, -0.2) is 0 Å². The van der Waals surface area contributed by atoms with E-state index in [0.29, 0.717) is 0 Å². The summed E-state index contributed by atoms with van der Waals surface area (Å²) in [5.41, 5.74) is 0. The Morgan fingerprint density at radius 2 is 0.812 bits per heavy atom. The van der Waals surface area contributed by atoms with Gasteiger partial charge in [-0.3, -0.25) is 24.0 Å². The van der Waals surface area contributed by atoms with Crippen LogP contribution in [-0.2, 0) is 44.8 Å². The molecule has 0 aromatic rings. The van der Waals surface area contributed by atoms with Crippen molar-refractivity contribution in [2.45, 2.75) is 13.8 Å². The van der Waals surface area contributed by atoms with Gasteiger partial charge in [-0.15, -0.1) is 0 Å². The molecule has 0 saturated heterocycles. The predicted molar refractivity (Wildman–Crippen MR) is 48.3 cm³/mol. The molecule has 0 aliphatic carbocycles. The van der Waals surface area contributed by atoms with Gasteiger partial charge in [-0.05, 0) is 0 Å². The summed E-state index contributed by atoms with van der Waals surface area (Å²) >= 11 is 2.80. The molecule has 0 saturated carbocycles. The van der Waals surface area contributed by atoms with Gasteiger partial charge in [-0.2, -0.15) is 0 Å². The van der Waals surface area contributed by atoms with Gasteiger partial charge in [0.05, 0.1) is 0 Å². The minimum absolute atomic E-state index is 0.0718. The van der Waals surface area contributed by atoms with E-state index in [4.69, 9.17) is 24.0 Å². The first-order chi connectivity index (χ1) is 7.64. The summed E-state index contributed by atoms with van der Waals surface area (Å²) in [4.78, 5) is 47.6. The molecule has 0 fully saturated rings. The Hall–Kier alpha value is -1.46. The monoisotopic (exact) mass is 266 g/mol. The van der Waals surface area contributed by atoms with Crippen LogP contribution in [0.1, 0.15) is 13.8 Å². The molecule has 16 heavy (non-hydrogen) atoms. The Kier molecular flexibility index (Phi) is 236. The number of hydrogen-bond donors (Lipinski definition) is 0. The largest absolute Gasteiger partial charge is 0.281 e.